The fourth-order valence-electron chi connectivity index (χ4n) is 0.537. The summed E-state index contributed by atoms with van der Waals surface area (Å²) in [5.74, 6) is 0. The van der Waals surface area contributed by atoms with E-state index in [1.807, 2.05) is 0 Å². The third kappa shape index (κ3) is 0.332. The van der Waals surface area contributed by atoms with E-state index in [1.54, 1.807) is 0 Å². The van der Waals surface area contributed by atoms with Crippen LogP contribution in [0.25, 0.3) is 0 Å². The highest BCUT2D eigenvalue weighted by Crippen LogP contribution is 2.36. The lowest BCUT2D eigenvalue weighted by Crippen LogP contribution is -1.75. The summed E-state index contributed by atoms with van der Waals surface area (Å²) in [5.41, 5.74) is 1.07. The van der Waals surface area contributed by atoms with Gasteiger partial charge in [0.25, 0.3) is 0 Å². The Morgan fingerprint density at radius 1 is 1.86 bits per heavy atom. The average molecular weight is 112 g/mol. The standard InChI is InChI=1S/C4H2NOS/c6-7-4-1-3(4)2-5-7/h1H2/q-1. The molecule has 1 heterocycles. The first kappa shape index (κ1) is 3.55. The summed E-state index contributed by atoms with van der Waals surface area (Å²) in [6.07, 6.45) is 3.55. The van der Waals surface area contributed by atoms with E-state index in [2.05, 4.69) is 10.6 Å². The van der Waals surface area contributed by atoms with Crippen LogP contribution in [0.5, 0.6) is 0 Å². The second-order valence-electron chi connectivity index (χ2n) is 1.53. The second kappa shape index (κ2) is 0.865. The van der Waals surface area contributed by atoms with Gasteiger partial charge in [-0.05, 0) is 0 Å². The lowest BCUT2D eigenvalue weighted by molar-refractivity contribution is 0.689. The predicted octanol–water partition coefficient (Wildman–Crippen LogP) is 0.269. The minimum absolute atomic E-state index is 0.899. The SMILES string of the molecule is O=S1N=[C-]C2=C1C2. The van der Waals surface area contributed by atoms with Gasteiger partial charge >= 0.3 is 0 Å². The Labute approximate surface area is 43.5 Å². The fraction of sp³-hybridized carbons (Fsp3) is 0.250. The van der Waals surface area contributed by atoms with Crippen LogP contribution in [0.1, 0.15) is 6.42 Å². The van der Waals surface area contributed by atoms with Crippen LogP contribution in [0.15, 0.2) is 14.9 Å². The highest BCUT2D eigenvalue weighted by molar-refractivity contribution is 7.88. The van der Waals surface area contributed by atoms with E-state index in [0.29, 0.717) is 0 Å². The van der Waals surface area contributed by atoms with E-state index in [1.165, 1.54) is 0 Å². The van der Waals surface area contributed by atoms with Crippen molar-refractivity contribution in [3.63, 3.8) is 0 Å². The molecule has 36 valence electrons. The molecule has 1 atom stereocenters. The van der Waals surface area contributed by atoms with Gasteiger partial charge in [-0.25, -0.2) is 0 Å². The Morgan fingerprint density at radius 3 is 2.86 bits per heavy atom. The van der Waals surface area contributed by atoms with Crippen molar-refractivity contribution in [2.75, 3.05) is 0 Å². The van der Waals surface area contributed by atoms with Crippen LogP contribution in [0, 0.1) is 0 Å². The van der Waals surface area contributed by atoms with Crippen LogP contribution in [0.2, 0.25) is 0 Å². The van der Waals surface area contributed by atoms with E-state index in [4.69, 9.17) is 0 Å². The maximum absolute atomic E-state index is 10.4. The topological polar surface area (TPSA) is 29.4 Å². The van der Waals surface area contributed by atoms with Crippen molar-refractivity contribution in [1.82, 2.24) is 0 Å². The number of hydrogen-bond donors (Lipinski definition) is 0. The molecule has 7 heavy (non-hydrogen) atoms. The smallest absolute Gasteiger partial charge is 0.0640 e. The highest BCUT2D eigenvalue weighted by Gasteiger charge is 2.15. The van der Waals surface area contributed by atoms with Gasteiger partial charge in [-0.2, -0.15) is 5.57 Å². The summed E-state index contributed by atoms with van der Waals surface area (Å²) in [6.45, 7) is 0. The molecule has 0 radical (unpaired) electrons. The zero-order chi connectivity index (χ0) is 4.85. The predicted molar refractivity (Wildman–Crippen MR) is 27.2 cm³/mol. The summed E-state index contributed by atoms with van der Waals surface area (Å²) in [4.78, 5) is 0.986. The first-order valence-electron chi connectivity index (χ1n) is 1.98. The van der Waals surface area contributed by atoms with Crippen molar-refractivity contribution >= 4 is 17.2 Å². The molecule has 3 heteroatoms. The molecule has 0 amide bonds. The lowest BCUT2D eigenvalue weighted by Gasteiger charge is -1.90. The van der Waals surface area contributed by atoms with Crippen molar-refractivity contribution < 1.29 is 4.21 Å². The molecule has 0 fully saturated rings. The van der Waals surface area contributed by atoms with Crippen LogP contribution >= 0.6 is 0 Å². The van der Waals surface area contributed by atoms with Gasteiger partial charge in [0.1, 0.15) is 0 Å². The van der Waals surface area contributed by atoms with Crippen LogP contribution in [0.3, 0.4) is 0 Å². The number of nitrogens with zero attached hydrogens (tertiary/aromatic N) is 1. The Hall–Kier alpha value is -0.440. The quantitative estimate of drug-likeness (QED) is 0.413. The minimum Gasteiger partial charge on any atom is -0.315 e. The van der Waals surface area contributed by atoms with Crippen LogP contribution in [-0.4, -0.2) is 10.4 Å². The van der Waals surface area contributed by atoms with Gasteiger partial charge in [0.15, 0.2) is 0 Å². The molecule has 1 aliphatic heterocycles. The van der Waals surface area contributed by atoms with E-state index in [9.17, 15) is 4.21 Å². The van der Waals surface area contributed by atoms with Gasteiger partial charge in [0.05, 0.1) is 11.0 Å². The summed E-state index contributed by atoms with van der Waals surface area (Å²) < 4.78 is 14.0. The third-order valence-electron chi connectivity index (χ3n) is 1.02. The molecule has 2 rings (SSSR count). The number of hydrogen-bond acceptors (Lipinski definition) is 1. The molecule has 0 N–H and O–H groups in total. The van der Waals surface area contributed by atoms with Crippen molar-refractivity contribution in [1.29, 1.82) is 0 Å². The molecule has 0 saturated heterocycles. The molecule has 0 bridgehead atoms. The number of rotatable bonds is 0. The van der Waals surface area contributed by atoms with E-state index in [0.717, 1.165) is 16.9 Å². The van der Waals surface area contributed by atoms with Gasteiger partial charge < -0.3 is 4.40 Å². The number of allylic oxidation sites excluding steroid dienone is 2. The third-order valence-corrected chi connectivity index (χ3v) is 2.09. The van der Waals surface area contributed by atoms with Gasteiger partial charge in [-0.15, -0.1) is 11.1 Å². The fourth-order valence-corrected chi connectivity index (χ4v) is 1.36. The first-order valence-corrected chi connectivity index (χ1v) is 3.09. The Balaban J connectivity index is 2.57. The Morgan fingerprint density at radius 2 is 2.71 bits per heavy atom. The minimum atomic E-state index is -1.00. The molecule has 0 aromatic rings. The van der Waals surface area contributed by atoms with Crippen molar-refractivity contribution in [3.8, 4) is 0 Å². The summed E-state index contributed by atoms with van der Waals surface area (Å²) in [5, 5.41) is 0. The molecule has 0 saturated carbocycles. The van der Waals surface area contributed by atoms with Gasteiger partial charge in [-0.3, -0.25) is 4.21 Å². The van der Waals surface area contributed by atoms with Crippen molar-refractivity contribution in [3.05, 3.63) is 10.5 Å². The lowest BCUT2D eigenvalue weighted by atomic mass is 10.6. The van der Waals surface area contributed by atoms with Crippen LogP contribution in [-0.2, 0) is 11.0 Å². The second-order valence-corrected chi connectivity index (χ2v) is 2.70. The maximum Gasteiger partial charge on any atom is 0.0640 e. The Kier molecular flexibility index (Phi) is 0.439. The normalized spacial score (nSPS) is 34.0. The molecule has 2 aliphatic rings. The zero-order valence-electron chi connectivity index (χ0n) is 3.47. The van der Waals surface area contributed by atoms with Gasteiger partial charge in [0, 0.05) is 0 Å². The molecule has 2 nitrogen and oxygen atoms in total. The zero-order valence-corrected chi connectivity index (χ0v) is 4.29. The van der Waals surface area contributed by atoms with Crippen molar-refractivity contribution in [2.45, 2.75) is 6.42 Å². The molecule has 0 aromatic carbocycles. The van der Waals surface area contributed by atoms with Gasteiger partial charge in [0.2, 0.25) is 0 Å². The Bertz CT molecular complexity index is 196. The van der Waals surface area contributed by atoms with E-state index >= 15 is 0 Å². The van der Waals surface area contributed by atoms with E-state index in [-0.39, 0.29) is 0 Å². The molecule has 0 spiro atoms. The average Bonchev–Trinajstić information content (AvgIpc) is 2.33. The first-order chi connectivity index (χ1) is 3.38. The van der Waals surface area contributed by atoms with Crippen LogP contribution in [0.4, 0.5) is 0 Å². The summed E-state index contributed by atoms with van der Waals surface area (Å²) >= 11 is 0. The summed E-state index contributed by atoms with van der Waals surface area (Å²) in [7, 11) is -1.00. The molecule has 0 aromatic heterocycles. The van der Waals surface area contributed by atoms with Crippen molar-refractivity contribution in [2.24, 2.45) is 4.40 Å². The van der Waals surface area contributed by atoms with E-state index < -0.39 is 11.0 Å². The highest BCUT2D eigenvalue weighted by atomic mass is 32.2. The molecule has 1 aliphatic carbocycles. The monoisotopic (exact) mass is 112 g/mol. The molecule has 1 unspecified atom stereocenters. The molecular formula is C4H2NOS-. The summed E-state index contributed by atoms with van der Waals surface area (Å²) in [6, 6.07) is 0. The van der Waals surface area contributed by atoms with Gasteiger partial charge in [-0.1, -0.05) is 6.42 Å². The van der Waals surface area contributed by atoms with Crippen LogP contribution < -0.4 is 0 Å². The largest absolute Gasteiger partial charge is 0.315 e. The molecular weight excluding hydrogens is 110 g/mol. The maximum atomic E-state index is 10.4.